The number of carbonyl (C=O) groups is 1. The Labute approximate surface area is 146 Å². The Hall–Kier alpha value is -2.66. The summed E-state index contributed by atoms with van der Waals surface area (Å²) >= 11 is 0. The van der Waals surface area contributed by atoms with E-state index in [9.17, 15) is 4.79 Å². The van der Waals surface area contributed by atoms with Gasteiger partial charge >= 0.3 is 0 Å². The number of aromatic nitrogens is 1. The molecule has 0 saturated carbocycles. The fraction of sp³-hybridized carbons (Fsp3) is 0.300. The Balaban J connectivity index is 1.72. The first-order valence-corrected chi connectivity index (χ1v) is 8.51. The zero-order chi connectivity index (χ0) is 17.4. The zero-order valence-electron chi connectivity index (χ0n) is 14.3. The van der Waals surface area contributed by atoms with Gasteiger partial charge in [-0.1, -0.05) is 35.5 Å². The summed E-state index contributed by atoms with van der Waals surface area (Å²) in [4.78, 5) is 14.9. The third-order valence-corrected chi connectivity index (χ3v) is 4.63. The van der Waals surface area contributed by atoms with E-state index in [1.54, 1.807) is 0 Å². The van der Waals surface area contributed by atoms with Crippen molar-refractivity contribution in [3.05, 3.63) is 54.1 Å². The van der Waals surface area contributed by atoms with Gasteiger partial charge in [0.15, 0.2) is 5.76 Å². The minimum atomic E-state index is 0.0183. The second-order valence-corrected chi connectivity index (χ2v) is 6.56. The van der Waals surface area contributed by atoms with Crippen LogP contribution in [0.2, 0.25) is 0 Å². The molecular weight excluding hydrogens is 316 g/mol. The second kappa shape index (κ2) is 6.33. The SMILES string of the molecule is CC1CN(C(=O)c2ccc3noc(-c4ccccc4)c3c2)C(C)CO1. The molecule has 0 N–H and O–H groups in total. The number of rotatable bonds is 2. The van der Waals surface area contributed by atoms with E-state index >= 15 is 0 Å². The fourth-order valence-corrected chi connectivity index (χ4v) is 3.22. The first-order chi connectivity index (χ1) is 12.1. The predicted octanol–water partition coefficient (Wildman–Crippen LogP) is 3.74. The molecule has 2 aromatic carbocycles. The normalized spacial score (nSPS) is 20.8. The Bertz CT molecular complexity index is 904. The van der Waals surface area contributed by atoms with Gasteiger partial charge < -0.3 is 14.2 Å². The van der Waals surface area contributed by atoms with E-state index in [0.717, 1.165) is 16.5 Å². The molecule has 5 nitrogen and oxygen atoms in total. The summed E-state index contributed by atoms with van der Waals surface area (Å²) in [5.74, 6) is 0.707. The summed E-state index contributed by atoms with van der Waals surface area (Å²) in [5.41, 5.74) is 2.34. The summed E-state index contributed by atoms with van der Waals surface area (Å²) in [6, 6.07) is 15.4. The Morgan fingerprint density at radius 2 is 1.96 bits per heavy atom. The van der Waals surface area contributed by atoms with Gasteiger partial charge in [0.1, 0.15) is 5.52 Å². The standard InChI is InChI=1S/C20H20N2O3/c1-13-12-24-14(2)11-22(13)20(23)16-8-9-18-17(10-16)19(25-21-18)15-6-4-3-5-7-15/h3-10,13-14H,11-12H2,1-2H3. The van der Waals surface area contributed by atoms with E-state index in [-0.39, 0.29) is 18.1 Å². The number of amides is 1. The van der Waals surface area contributed by atoms with Crippen LogP contribution in [-0.2, 0) is 4.74 Å². The molecule has 1 aliphatic heterocycles. The highest BCUT2D eigenvalue weighted by atomic mass is 16.5. The van der Waals surface area contributed by atoms with Crippen molar-refractivity contribution >= 4 is 16.8 Å². The molecule has 5 heteroatoms. The van der Waals surface area contributed by atoms with E-state index in [2.05, 4.69) is 5.16 Å². The minimum absolute atomic E-state index is 0.0183. The Kier molecular flexibility index (Phi) is 4.01. The van der Waals surface area contributed by atoms with Gasteiger partial charge in [-0.3, -0.25) is 4.79 Å². The van der Waals surface area contributed by atoms with Crippen molar-refractivity contribution < 1.29 is 14.1 Å². The van der Waals surface area contributed by atoms with Crippen LogP contribution in [0.1, 0.15) is 24.2 Å². The monoisotopic (exact) mass is 336 g/mol. The van der Waals surface area contributed by atoms with Crippen LogP contribution in [0.15, 0.2) is 53.1 Å². The van der Waals surface area contributed by atoms with Crippen LogP contribution >= 0.6 is 0 Å². The number of hydrogen-bond donors (Lipinski definition) is 0. The lowest BCUT2D eigenvalue weighted by molar-refractivity contribution is -0.0387. The van der Waals surface area contributed by atoms with Gasteiger partial charge in [-0.2, -0.15) is 0 Å². The van der Waals surface area contributed by atoms with Gasteiger partial charge in [-0.05, 0) is 32.0 Å². The van der Waals surface area contributed by atoms with Crippen LogP contribution < -0.4 is 0 Å². The second-order valence-electron chi connectivity index (χ2n) is 6.56. The minimum Gasteiger partial charge on any atom is -0.375 e. The molecule has 1 fully saturated rings. The first kappa shape index (κ1) is 15.8. The maximum absolute atomic E-state index is 13.0. The number of benzene rings is 2. The smallest absolute Gasteiger partial charge is 0.254 e. The van der Waals surface area contributed by atoms with Crippen LogP contribution in [0.4, 0.5) is 0 Å². The fourth-order valence-electron chi connectivity index (χ4n) is 3.22. The average Bonchev–Trinajstić information content (AvgIpc) is 3.07. The van der Waals surface area contributed by atoms with Crippen LogP contribution in [0, 0.1) is 0 Å². The van der Waals surface area contributed by atoms with Crippen molar-refractivity contribution in [3.8, 4) is 11.3 Å². The maximum atomic E-state index is 13.0. The molecule has 4 rings (SSSR count). The summed E-state index contributed by atoms with van der Waals surface area (Å²) in [7, 11) is 0. The van der Waals surface area contributed by atoms with Gasteiger partial charge in [0.2, 0.25) is 0 Å². The van der Waals surface area contributed by atoms with Gasteiger partial charge in [0.05, 0.1) is 24.1 Å². The number of nitrogens with zero attached hydrogens (tertiary/aromatic N) is 2. The number of fused-ring (bicyclic) bond motifs is 1. The third kappa shape index (κ3) is 2.91. The van der Waals surface area contributed by atoms with Crippen molar-refractivity contribution in [2.45, 2.75) is 26.0 Å². The highest BCUT2D eigenvalue weighted by molar-refractivity contribution is 6.01. The van der Waals surface area contributed by atoms with Crippen molar-refractivity contribution in [2.24, 2.45) is 0 Å². The van der Waals surface area contributed by atoms with Gasteiger partial charge in [0.25, 0.3) is 5.91 Å². The zero-order valence-corrected chi connectivity index (χ0v) is 14.3. The molecule has 0 spiro atoms. The third-order valence-electron chi connectivity index (χ3n) is 4.63. The van der Waals surface area contributed by atoms with Crippen molar-refractivity contribution in [1.29, 1.82) is 0 Å². The van der Waals surface area contributed by atoms with E-state index < -0.39 is 0 Å². The van der Waals surface area contributed by atoms with Crippen LogP contribution in [0.3, 0.4) is 0 Å². The van der Waals surface area contributed by atoms with E-state index in [1.165, 1.54) is 0 Å². The molecule has 1 saturated heterocycles. The lowest BCUT2D eigenvalue weighted by Crippen LogP contribution is -2.50. The first-order valence-electron chi connectivity index (χ1n) is 8.51. The summed E-state index contributed by atoms with van der Waals surface area (Å²) in [6.07, 6.45) is 0.0550. The molecule has 2 unspecified atom stereocenters. The lowest BCUT2D eigenvalue weighted by atomic mass is 10.0. The number of hydrogen-bond acceptors (Lipinski definition) is 4. The van der Waals surface area contributed by atoms with Crippen LogP contribution in [0.5, 0.6) is 0 Å². The van der Waals surface area contributed by atoms with E-state index in [4.69, 9.17) is 9.26 Å². The average molecular weight is 336 g/mol. The molecule has 25 heavy (non-hydrogen) atoms. The summed E-state index contributed by atoms with van der Waals surface area (Å²) in [6.45, 7) is 5.17. The van der Waals surface area contributed by atoms with Gasteiger partial charge in [-0.15, -0.1) is 0 Å². The molecular formula is C20H20N2O3. The largest absolute Gasteiger partial charge is 0.375 e. The van der Waals surface area contributed by atoms with Crippen molar-refractivity contribution in [2.75, 3.05) is 13.2 Å². The summed E-state index contributed by atoms with van der Waals surface area (Å²) < 4.78 is 11.1. The molecule has 2 heterocycles. The Morgan fingerprint density at radius 1 is 1.16 bits per heavy atom. The molecule has 0 bridgehead atoms. The molecule has 0 aliphatic carbocycles. The number of morpholine rings is 1. The topological polar surface area (TPSA) is 55.6 Å². The van der Waals surface area contributed by atoms with Crippen LogP contribution in [0.25, 0.3) is 22.2 Å². The molecule has 1 aromatic heterocycles. The van der Waals surface area contributed by atoms with E-state index in [1.807, 2.05) is 67.3 Å². The quantitative estimate of drug-likeness (QED) is 0.715. The molecule has 2 atom stereocenters. The highest BCUT2D eigenvalue weighted by Crippen LogP contribution is 2.29. The molecule has 1 aliphatic rings. The predicted molar refractivity (Wildman–Crippen MR) is 95.4 cm³/mol. The Morgan fingerprint density at radius 3 is 2.76 bits per heavy atom. The lowest BCUT2D eigenvalue weighted by Gasteiger charge is -2.36. The summed E-state index contributed by atoms with van der Waals surface area (Å²) in [5, 5.41) is 4.97. The molecule has 128 valence electrons. The van der Waals surface area contributed by atoms with Crippen molar-refractivity contribution in [3.63, 3.8) is 0 Å². The molecule has 1 amide bonds. The van der Waals surface area contributed by atoms with Gasteiger partial charge in [0, 0.05) is 17.7 Å². The molecule has 3 aromatic rings. The maximum Gasteiger partial charge on any atom is 0.254 e. The highest BCUT2D eigenvalue weighted by Gasteiger charge is 2.28. The number of carbonyl (C=O) groups excluding carboxylic acids is 1. The van der Waals surface area contributed by atoms with Gasteiger partial charge in [-0.25, -0.2) is 0 Å². The van der Waals surface area contributed by atoms with E-state index in [0.29, 0.717) is 24.5 Å². The molecule has 0 radical (unpaired) electrons. The van der Waals surface area contributed by atoms with Crippen LogP contribution in [-0.4, -0.2) is 41.3 Å². The number of ether oxygens (including phenoxy) is 1. The van der Waals surface area contributed by atoms with Crippen molar-refractivity contribution in [1.82, 2.24) is 10.1 Å².